The summed E-state index contributed by atoms with van der Waals surface area (Å²) in [5.74, 6) is -0.933. The zero-order valence-electron chi connectivity index (χ0n) is 9.91. The van der Waals surface area contributed by atoms with Crippen LogP contribution in [0.3, 0.4) is 0 Å². The van der Waals surface area contributed by atoms with E-state index in [2.05, 4.69) is 9.68 Å². The van der Waals surface area contributed by atoms with Crippen LogP contribution in [-0.2, 0) is 4.79 Å². The van der Waals surface area contributed by atoms with Crippen molar-refractivity contribution in [1.82, 2.24) is 15.0 Å². The number of carboxylic acid groups (broad SMARTS) is 1. The molecule has 18 heavy (non-hydrogen) atoms. The number of hydrogen-bond donors (Lipinski definition) is 1. The van der Waals surface area contributed by atoms with Crippen LogP contribution in [0.5, 0.6) is 0 Å². The molecule has 1 amide bonds. The van der Waals surface area contributed by atoms with Crippen molar-refractivity contribution in [3.05, 3.63) is 18.0 Å². The van der Waals surface area contributed by atoms with Crippen LogP contribution in [0.1, 0.15) is 16.9 Å². The molecule has 1 aromatic rings. The summed E-state index contributed by atoms with van der Waals surface area (Å²) < 4.78 is 4.64. The van der Waals surface area contributed by atoms with Crippen molar-refractivity contribution in [2.24, 2.45) is 0 Å². The molecule has 0 aliphatic carbocycles. The third-order valence-electron chi connectivity index (χ3n) is 2.96. The van der Waals surface area contributed by atoms with E-state index in [1.54, 1.807) is 11.0 Å². The van der Waals surface area contributed by atoms with Gasteiger partial charge in [-0.25, -0.2) is 0 Å². The number of carbonyl (C=O) groups is 2. The summed E-state index contributed by atoms with van der Waals surface area (Å²) in [5.41, 5.74) is 0.314. The third-order valence-corrected chi connectivity index (χ3v) is 2.96. The van der Waals surface area contributed by atoms with Crippen LogP contribution in [0.2, 0.25) is 0 Å². The number of aliphatic carboxylic acids is 1. The number of amides is 1. The Hall–Kier alpha value is -1.89. The zero-order chi connectivity index (χ0) is 13.0. The number of rotatable bonds is 4. The Balaban J connectivity index is 1.80. The van der Waals surface area contributed by atoms with Crippen LogP contribution in [0.25, 0.3) is 0 Å². The lowest BCUT2D eigenvalue weighted by Gasteiger charge is -2.33. The van der Waals surface area contributed by atoms with Gasteiger partial charge in [0, 0.05) is 38.8 Å². The van der Waals surface area contributed by atoms with E-state index in [0.717, 1.165) is 0 Å². The molecule has 1 saturated heterocycles. The SMILES string of the molecule is O=C(O)CCN1CCN(C(=O)c2ccon2)CC1. The van der Waals surface area contributed by atoms with Crippen LogP contribution in [0.4, 0.5) is 0 Å². The summed E-state index contributed by atoms with van der Waals surface area (Å²) in [4.78, 5) is 26.1. The van der Waals surface area contributed by atoms with Crippen molar-refractivity contribution in [2.75, 3.05) is 32.7 Å². The second kappa shape index (κ2) is 5.63. The lowest BCUT2D eigenvalue weighted by Crippen LogP contribution is -2.49. The highest BCUT2D eigenvalue weighted by Crippen LogP contribution is 2.07. The molecule has 7 heteroatoms. The van der Waals surface area contributed by atoms with Crippen molar-refractivity contribution in [1.29, 1.82) is 0 Å². The summed E-state index contributed by atoms with van der Waals surface area (Å²) in [6.07, 6.45) is 1.51. The van der Waals surface area contributed by atoms with E-state index in [1.165, 1.54) is 6.26 Å². The highest BCUT2D eigenvalue weighted by molar-refractivity contribution is 5.92. The lowest BCUT2D eigenvalue weighted by atomic mass is 10.2. The molecular formula is C11H15N3O4. The number of hydrogen-bond acceptors (Lipinski definition) is 5. The first-order valence-electron chi connectivity index (χ1n) is 5.80. The summed E-state index contributed by atoms with van der Waals surface area (Å²) in [7, 11) is 0. The molecule has 0 spiro atoms. The van der Waals surface area contributed by atoms with Gasteiger partial charge in [0.05, 0.1) is 6.42 Å². The van der Waals surface area contributed by atoms with E-state index in [-0.39, 0.29) is 12.3 Å². The van der Waals surface area contributed by atoms with E-state index in [0.29, 0.717) is 38.4 Å². The lowest BCUT2D eigenvalue weighted by molar-refractivity contribution is -0.137. The van der Waals surface area contributed by atoms with Crippen LogP contribution in [0.15, 0.2) is 16.9 Å². The Morgan fingerprint density at radius 3 is 2.61 bits per heavy atom. The van der Waals surface area contributed by atoms with Crippen molar-refractivity contribution < 1.29 is 19.2 Å². The smallest absolute Gasteiger partial charge is 0.304 e. The Morgan fingerprint density at radius 2 is 2.06 bits per heavy atom. The minimum atomic E-state index is -0.795. The number of carbonyl (C=O) groups excluding carboxylic acids is 1. The fraction of sp³-hybridized carbons (Fsp3) is 0.545. The second-order valence-corrected chi connectivity index (χ2v) is 4.16. The van der Waals surface area contributed by atoms with Gasteiger partial charge in [0.2, 0.25) is 0 Å². The minimum Gasteiger partial charge on any atom is -0.481 e. The first-order valence-corrected chi connectivity index (χ1v) is 5.80. The summed E-state index contributed by atoms with van der Waals surface area (Å²) in [6.45, 7) is 3.09. The van der Waals surface area contributed by atoms with Crippen molar-refractivity contribution >= 4 is 11.9 Å². The monoisotopic (exact) mass is 253 g/mol. The predicted molar refractivity (Wildman–Crippen MR) is 61.1 cm³/mol. The molecule has 1 aromatic heterocycles. The van der Waals surface area contributed by atoms with Gasteiger partial charge in [-0.1, -0.05) is 5.16 Å². The van der Waals surface area contributed by atoms with Crippen LogP contribution in [-0.4, -0.2) is 64.7 Å². The number of piperazine rings is 1. The molecule has 1 aliphatic heterocycles. The van der Waals surface area contributed by atoms with Crippen molar-refractivity contribution in [3.8, 4) is 0 Å². The quantitative estimate of drug-likeness (QED) is 0.806. The van der Waals surface area contributed by atoms with Gasteiger partial charge < -0.3 is 14.5 Å². The van der Waals surface area contributed by atoms with Gasteiger partial charge in [0.1, 0.15) is 6.26 Å². The molecular weight excluding hydrogens is 238 g/mol. The second-order valence-electron chi connectivity index (χ2n) is 4.16. The first kappa shape index (κ1) is 12.6. The Morgan fingerprint density at radius 1 is 1.33 bits per heavy atom. The van der Waals surface area contributed by atoms with Gasteiger partial charge in [0.25, 0.3) is 5.91 Å². The first-order chi connectivity index (χ1) is 8.66. The van der Waals surface area contributed by atoms with Gasteiger partial charge in [-0.3, -0.25) is 14.5 Å². The molecule has 1 N–H and O–H groups in total. The standard InChI is InChI=1S/C11H15N3O4/c15-10(16)1-3-13-4-6-14(7-5-13)11(17)9-2-8-18-12-9/h2,8H,1,3-7H2,(H,15,16). The van der Waals surface area contributed by atoms with E-state index in [9.17, 15) is 9.59 Å². The molecule has 0 saturated carbocycles. The Kier molecular flexibility index (Phi) is 3.93. The number of nitrogens with zero attached hydrogens (tertiary/aromatic N) is 3. The molecule has 0 aromatic carbocycles. The minimum absolute atomic E-state index is 0.136. The summed E-state index contributed by atoms with van der Waals surface area (Å²) in [5, 5.41) is 12.2. The molecule has 0 atom stereocenters. The molecule has 1 aliphatic rings. The maximum Gasteiger partial charge on any atom is 0.304 e. The summed E-state index contributed by atoms with van der Waals surface area (Å²) >= 11 is 0. The number of carboxylic acids is 1. The fourth-order valence-electron chi connectivity index (χ4n) is 1.91. The normalized spacial score (nSPS) is 16.8. The molecule has 2 rings (SSSR count). The molecule has 7 nitrogen and oxygen atoms in total. The topological polar surface area (TPSA) is 86.9 Å². The van der Waals surface area contributed by atoms with E-state index in [1.807, 2.05) is 4.90 Å². The molecule has 0 bridgehead atoms. The van der Waals surface area contributed by atoms with Crippen molar-refractivity contribution in [2.45, 2.75) is 6.42 Å². The number of aromatic nitrogens is 1. The Bertz CT molecular complexity index is 410. The van der Waals surface area contributed by atoms with Crippen LogP contribution >= 0.6 is 0 Å². The maximum absolute atomic E-state index is 11.9. The highest BCUT2D eigenvalue weighted by Gasteiger charge is 2.23. The summed E-state index contributed by atoms with van der Waals surface area (Å²) in [6, 6.07) is 1.54. The largest absolute Gasteiger partial charge is 0.481 e. The predicted octanol–water partition coefficient (Wildman–Crippen LogP) is -0.0929. The van der Waals surface area contributed by atoms with Gasteiger partial charge in [-0.2, -0.15) is 0 Å². The average molecular weight is 253 g/mol. The zero-order valence-corrected chi connectivity index (χ0v) is 9.91. The van der Waals surface area contributed by atoms with Gasteiger partial charge in [0.15, 0.2) is 5.69 Å². The van der Waals surface area contributed by atoms with Crippen LogP contribution < -0.4 is 0 Å². The van der Waals surface area contributed by atoms with Crippen LogP contribution in [0, 0.1) is 0 Å². The molecule has 0 unspecified atom stereocenters. The van der Waals surface area contributed by atoms with Gasteiger partial charge in [-0.15, -0.1) is 0 Å². The Labute approximate surface area is 104 Å². The van der Waals surface area contributed by atoms with E-state index >= 15 is 0 Å². The molecule has 98 valence electrons. The third kappa shape index (κ3) is 3.07. The van der Waals surface area contributed by atoms with E-state index < -0.39 is 5.97 Å². The maximum atomic E-state index is 11.9. The molecule has 1 fully saturated rings. The van der Waals surface area contributed by atoms with Crippen molar-refractivity contribution in [3.63, 3.8) is 0 Å². The van der Waals surface area contributed by atoms with E-state index in [4.69, 9.17) is 5.11 Å². The molecule has 0 radical (unpaired) electrons. The van der Waals surface area contributed by atoms with Gasteiger partial charge in [-0.05, 0) is 0 Å². The fourth-order valence-corrected chi connectivity index (χ4v) is 1.91. The molecule has 2 heterocycles. The van der Waals surface area contributed by atoms with Gasteiger partial charge >= 0.3 is 5.97 Å². The average Bonchev–Trinajstić information content (AvgIpc) is 2.90. The highest BCUT2D eigenvalue weighted by atomic mass is 16.5.